The molecule has 3 nitrogen and oxygen atoms in total. The van der Waals surface area contributed by atoms with Gasteiger partial charge in [0, 0.05) is 11.8 Å². The van der Waals surface area contributed by atoms with E-state index in [4.69, 9.17) is 22.1 Å². The van der Waals surface area contributed by atoms with Gasteiger partial charge in [-0.25, -0.2) is 0 Å². The van der Waals surface area contributed by atoms with E-state index in [0.29, 0.717) is 28.6 Å². The molecule has 4 heteroatoms. The fourth-order valence-electron chi connectivity index (χ4n) is 1.22. The van der Waals surface area contributed by atoms with Crippen LogP contribution in [0.15, 0.2) is 12.1 Å². The third-order valence-corrected chi connectivity index (χ3v) is 2.06. The summed E-state index contributed by atoms with van der Waals surface area (Å²) in [6.07, 6.45) is 0. The van der Waals surface area contributed by atoms with Crippen molar-refractivity contribution >= 4 is 23.1 Å². The lowest BCUT2D eigenvalue weighted by Gasteiger charge is -2.08. The van der Waals surface area contributed by atoms with E-state index in [2.05, 4.69) is 0 Å². The highest BCUT2D eigenvalue weighted by molar-refractivity contribution is 6.34. The monoisotopic (exact) mass is 213 g/mol. The number of Topliss-reactive ketones (excluding diaryl/α,β-unsaturated/α-hetero) is 1. The zero-order chi connectivity index (χ0) is 10.7. The second-order valence-electron chi connectivity index (χ2n) is 2.86. The van der Waals surface area contributed by atoms with E-state index < -0.39 is 0 Å². The van der Waals surface area contributed by atoms with Gasteiger partial charge in [-0.1, -0.05) is 11.6 Å². The van der Waals surface area contributed by atoms with Gasteiger partial charge in [0.15, 0.2) is 5.78 Å². The average molecular weight is 214 g/mol. The fourth-order valence-corrected chi connectivity index (χ4v) is 1.57. The molecule has 0 aromatic heterocycles. The predicted molar refractivity (Wildman–Crippen MR) is 57.0 cm³/mol. The molecule has 0 heterocycles. The van der Waals surface area contributed by atoms with Gasteiger partial charge in [0.05, 0.1) is 17.2 Å². The molecule has 1 aromatic carbocycles. The Morgan fingerprint density at radius 1 is 1.57 bits per heavy atom. The van der Waals surface area contributed by atoms with Crippen LogP contribution in [0.5, 0.6) is 5.75 Å². The molecule has 14 heavy (non-hydrogen) atoms. The first-order valence-corrected chi connectivity index (χ1v) is 4.66. The number of halogens is 1. The summed E-state index contributed by atoms with van der Waals surface area (Å²) in [5.41, 5.74) is 6.38. The van der Waals surface area contributed by atoms with E-state index >= 15 is 0 Å². The number of rotatable bonds is 3. The van der Waals surface area contributed by atoms with E-state index in [9.17, 15) is 4.79 Å². The maximum Gasteiger partial charge on any atom is 0.163 e. The lowest BCUT2D eigenvalue weighted by molar-refractivity contribution is 0.101. The molecule has 0 amide bonds. The number of nitrogen functional groups attached to an aromatic ring is 1. The van der Waals surface area contributed by atoms with Gasteiger partial charge >= 0.3 is 0 Å². The summed E-state index contributed by atoms with van der Waals surface area (Å²) in [5, 5.41) is 0.334. The molecule has 76 valence electrons. The van der Waals surface area contributed by atoms with Crippen LogP contribution in [0.25, 0.3) is 0 Å². The lowest BCUT2D eigenvalue weighted by Crippen LogP contribution is -2.02. The van der Waals surface area contributed by atoms with E-state index in [1.54, 1.807) is 12.1 Å². The third kappa shape index (κ3) is 2.17. The summed E-state index contributed by atoms with van der Waals surface area (Å²) < 4.78 is 5.23. The summed E-state index contributed by atoms with van der Waals surface area (Å²) in [6.45, 7) is 3.83. The Kier molecular flexibility index (Phi) is 3.36. The maximum absolute atomic E-state index is 11.2. The van der Waals surface area contributed by atoms with Crippen LogP contribution >= 0.6 is 11.6 Å². The Labute approximate surface area is 87.8 Å². The molecule has 0 radical (unpaired) electrons. The number of ether oxygens (including phenoxy) is 1. The lowest BCUT2D eigenvalue weighted by atomic mass is 10.1. The van der Waals surface area contributed by atoms with Crippen molar-refractivity contribution in [3.05, 3.63) is 22.7 Å². The number of hydrogen-bond acceptors (Lipinski definition) is 3. The van der Waals surface area contributed by atoms with Crippen molar-refractivity contribution in [3.8, 4) is 5.75 Å². The summed E-state index contributed by atoms with van der Waals surface area (Å²) in [5.74, 6) is 0.440. The topological polar surface area (TPSA) is 52.3 Å². The number of anilines is 1. The first kappa shape index (κ1) is 10.9. The van der Waals surface area contributed by atoms with Crippen LogP contribution in [0.1, 0.15) is 24.2 Å². The molecule has 0 aliphatic heterocycles. The van der Waals surface area contributed by atoms with Gasteiger partial charge in [0.2, 0.25) is 0 Å². The normalized spacial score (nSPS) is 9.93. The van der Waals surface area contributed by atoms with Gasteiger partial charge in [-0.05, 0) is 19.9 Å². The van der Waals surface area contributed by atoms with E-state index in [-0.39, 0.29) is 5.78 Å². The second kappa shape index (κ2) is 4.33. The molecule has 1 aromatic rings. The van der Waals surface area contributed by atoms with Crippen LogP contribution in [0.4, 0.5) is 5.69 Å². The van der Waals surface area contributed by atoms with Crippen LogP contribution in [0.2, 0.25) is 5.02 Å². The van der Waals surface area contributed by atoms with Crippen molar-refractivity contribution in [1.29, 1.82) is 0 Å². The van der Waals surface area contributed by atoms with Gasteiger partial charge in [-0.15, -0.1) is 0 Å². The number of nitrogens with two attached hydrogens (primary N) is 1. The smallest absolute Gasteiger partial charge is 0.163 e. The Hall–Kier alpha value is -1.22. The molecule has 1 rings (SSSR count). The van der Waals surface area contributed by atoms with Crippen molar-refractivity contribution in [2.24, 2.45) is 0 Å². The number of carbonyl (C=O) groups is 1. The highest BCUT2D eigenvalue weighted by Crippen LogP contribution is 2.28. The van der Waals surface area contributed by atoms with Crippen LogP contribution in [0.3, 0.4) is 0 Å². The van der Waals surface area contributed by atoms with Crippen molar-refractivity contribution in [3.63, 3.8) is 0 Å². The average Bonchev–Trinajstić information content (AvgIpc) is 2.01. The summed E-state index contributed by atoms with van der Waals surface area (Å²) in [4.78, 5) is 11.2. The molecule has 0 saturated carbocycles. The van der Waals surface area contributed by atoms with Crippen LogP contribution in [-0.2, 0) is 0 Å². The Morgan fingerprint density at radius 3 is 2.64 bits per heavy atom. The first-order valence-electron chi connectivity index (χ1n) is 4.29. The molecule has 0 bridgehead atoms. The van der Waals surface area contributed by atoms with Crippen molar-refractivity contribution in [1.82, 2.24) is 0 Å². The van der Waals surface area contributed by atoms with Crippen LogP contribution in [0, 0.1) is 0 Å². The molecule has 0 aliphatic rings. The third-order valence-electron chi connectivity index (χ3n) is 1.76. The Morgan fingerprint density at radius 2 is 2.21 bits per heavy atom. The summed E-state index contributed by atoms with van der Waals surface area (Å²) in [7, 11) is 0. The maximum atomic E-state index is 11.2. The van der Waals surface area contributed by atoms with Crippen LogP contribution < -0.4 is 10.5 Å². The van der Waals surface area contributed by atoms with Gasteiger partial charge in [-0.3, -0.25) is 4.79 Å². The number of benzene rings is 1. The predicted octanol–water partition coefficient (Wildman–Crippen LogP) is 2.52. The minimum absolute atomic E-state index is 0.143. The standard InChI is InChI=1S/C10H12ClNO2/c1-3-14-7-4-8(11)10(6(2)13)9(12)5-7/h4-5H,3,12H2,1-2H3. The molecule has 0 atom stereocenters. The van der Waals surface area contributed by atoms with Crippen molar-refractivity contribution < 1.29 is 9.53 Å². The van der Waals surface area contributed by atoms with E-state index in [0.717, 1.165) is 0 Å². The van der Waals surface area contributed by atoms with Gasteiger partial charge in [0.1, 0.15) is 5.75 Å². The zero-order valence-electron chi connectivity index (χ0n) is 8.13. The van der Waals surface area contributed by atoms with Crippen molar-refractivity contribution in [2.75, 3.05) is 12.3 Å². The van der Waals surface area contributed by atoms with Crippen molar-refractivity contribution in [2.45, 2.75) is 13.8 Å². The molecule has 0 aliphatic carbocycles. The van der Waals surface area contributed by atoms with Gasteiger partial charge in [0.25, 0.3) is 0 Å². The molecular formula is C10H12ClNO2. The largest absolute Gasteiger partial charge is 0.494 e. The first-order chi connectivity index (χ1) is 6.56. The molecule has 2 N–H and O–H groups in total. The summed E-state index contributed by atoms with van der Waals surface area (Å²) >= 11 is 5.88. The minimum Gasteiger partial charge on any atom is -0.494 e. The summed E-state index contributed by atoms with van der Waals surface area (Å²) in [6, 6.07) is 3.20. The number of carbonyl (C=O) groups excluding carboxylic acids is 1. The zero-order valence-corrected chi connectivity index (χ0v) is 8.89. The minimum atomic E-state index is -0.143. The molecule has 0 spiro atoms. The molecule has 0 fully saturated rings. The molecule has 0 unspecified atom stereocenters. The fraction of sp³-hybridized carbons (Fsp3) is 0.300. The molecule has 0 saturated heterocycles. The highest BCUT2D eigenvalue weighted by atomic mass is 35.5. The van der Waals surface area contributed by atoms with E-state index in [1.807, 2.05) is 6.92 Å². The number of ketones is 1. The quantitative estimate of drug-likeness (QED) is 0.620. The molecular weight excluding hydrogens is 202 g/mol. The highest BCUT2D eigenvalue weighted by Gasteiger charge is 2.11. The van der Waals surface area contributed by atoms with Gasteiger partial charge < -0.3 is 10.5 Å². The Bertz CT molecular complexity index is 340. The second-order valence-corrected chi connectivity index (χ2v) is 3.27. The number of hydrogen-bond donors (Lipinski definition) is 1. The SMILES string of the molecule is CCOc1cc(N)c(C(C)=O)c(Cl)c1. The Balaban J connectivity index is 3.18. The van der Waals surface area contributed by atoms with Gasteiger partial charge in [-0.2, -0.15) is 0 Å². The van der Waals surface area contributed by atoms with E-state index in [1.165, 1.54) is 6.92 Å². The van der Waals surface area contributed by atoms with Crippen LogP contribution in [-0.4, -0.2) is 12.4 Å².